The van der Waals surface area contributed by atoms with Crippen molar-refractivity contribution < 1.29 is 4.79 Å². The fourth-order valence-electron chi connectivity index (χ4n) is 3.81. The van der Waals surface area contributed by atoms with Gasteiger partial charge >= 0.3 is 0 Å². The first-order valence-electron chi connectivity index (χ1n) is 7.88. The third-order valence-corrected chi connectivity index (χ3v) is 5.12. The molecule has 2 heterocycles. The van der Waals surface area contributed by atoms with Gasteiger partial charge in [0, 0.05) is 34.2 Å². The zero-order valence-corrected chi connectivity index (χ0v) is 12.1. The topological polar surface area (TPSA) is 56.9 Å². The lowest BCUT2D eigenvalue weighted by Crippen LogP contribution is -2.59. The zero-order chi connectivity index (χ0) is 14.3. The number of hydrogen-bond acceptors (Lipinski definition) is 2. The molecule has 110 valence electrons. The van der Waals surface area contributed by atoms with Gasteiger partial charge in [-0.1, -0.05) is 6.07 Å². The number of amides is 1. The number of rotatable bonds is 2. The molecular formula is C17H21N3O. The van der Waals surface area contributed by atoms with E-state index in [1.807, 2.05) is 30.5 Å². The van der Waals surface area contributed by atoms with E-state index in [0.29, 0.717) is 11.6 Å². The molecule has 1 aromatic carbocycles. The lowest BCUT2D eigenvalue weighted by molar-refractivity contribution is 0.0854. The minimum absolute atomic E-state index is 0.0570. The molecule has 2 aromatic rings. The molecule has 0 radical (unpaired) electrons. The fraction of sp³-hybridized carbons (Fsp3) is 0.471. The van der Waals surface area contributed by atoms with Crippen LogP contribution in [0.25, 0.3) is 10.9 Å². The second-order valence-corrected chi connectivity index (χ2v) is 6.47. The van der Waals surface area contributed by atoms with E-state index in [1.165, 1.54) is 19.3 Å². The summed E-state index contributed by atoms with van der Waals surface area (Å²) in [4.78, 5) is 15.8. The molecule has 1 aliphatic heterocycles. The molecule has 4 nitrogen and oxygen atoms in total. The van der Waals surface area contributed by atoms with E-state index in [9.17, 15) is 4.79 Å². The summed E-state index contributed by atoms with van der Waals surface area (Å²) in [5.74, 6) is 0.0570. The Balaban J connectivity index is 1.51. The average molecular weight is 283 g/mol. The molecule has 1 aliphatic carbocycles. The Morgan fingerprint density at radius 2 is 2.19 bits per heavy atom. The van der Waals surface area contributed by atoms with Gasteiger partial charge < -0.3 is 15.6 Å². The normalized spacial score (nSPS) is 23.9. The maximum Gasteiger partial charge on any atom is 0.252 e. The van der Waals surface area contributed by atoms with Crippen LogP contribution in [0.4, 0.5) is 0 Å². The number of carbonyl (C=O) groups excluding carboxylic acids is 1. The Labute approximate surface area is 124 Å². The van der Waals surface area contributed by atoms with Gasteiger partial charge in [0.25, 0.3) is 5.91 Å². The number of hydrogen-bond donors (Lipinski definition) is 3. The number of carbonyl (C=O) groups is 1. The summed E-state index contributed by atoms with van der Waals surface area (Å²) >= 11 is 0. The van der Waals surface area contributed by atoms with Crippen LogP contribution in [0.1, 0.15) is 42.5 Å². The summed E-state index contributed by atoms with van der Waals surface area (Å²) in [5, 5.41) is 7.89. The van der Waals surface area contributed by atoms with Crippen LogP contribution in [0, 0.1) is 0 Å². The molecule has 4 rings (SSSR count). The highest BCUT2D eigenvalue weighted by Crippen LogP contribution is 2.38. The summed E-state index contributed by atoms with van der Waals surface area (Å²) in [6.07, 6.45) is 7.81. The summed E-state index contributed by atoms with van der Waals surface area (Å²) < 4.78 is 0. The van der Waals surface area contributed by atoms with Crippen molar-refractivity contribution >= 4 is 16.8 Å². The van der Waals surface area contributed by atoms with Crippen LogP contribution < -0.4 is 10.6 Å². The summed E-state index contributed by atoms with van der Waals surface area (Å²) in [6.45, 7) is 1.01. The molecule has 1 unspecified atom stereocenters. The maximum absolute atomic E-state index is 12.6. The highest BCUT2D eigenvalue weighted by molar-refractivity contribution is 6.06. The van der Waals surface area contributed by atoms with Gasteiger partial charge in [-0.15, -0.1) is 0 Å². The number of H-pyrrole nitrogens is 1. The van der Waals surface area contributed by atoms with Gasteiger partial charge in [-0.2, -0.15) is 0 Å². The number of aromatic amines is 1. The van der Waals surface area contributed by atoms with Gasteiger partial charge in [0.05, 0.1) is 0 Å². The van der Waals surface area contributed by atoms with Crippen molar-refractivity contribution in [3.8, 4) is 0 Å². The number of benzene rings is 1. The fourth-order valence-corrected chi connectivity index (χ4v) is 3.81. The van der Waals surface area contributed by atoms with Crippen molar-refractivity contribution in [1.29, 1.82) is 0 Å². The molecule has 4 heteroatoms. The van der Waals surface area contributed by atoms with E-state index in [2.05, 4.69) is 15.6 Å². The molecule has 1 saturated heterocycles. The summed E-state index contributed by atoms with van der Waals surface area (Å²) in [6, 6.07) is 8.11. The Morgan fingerprint density at radius 3 is 3.00 bits per heavy atom. The van der Waals surface area contributed by atoms with Gasteiger partial charge in [0.1, 0.15) is 0 Å². The smallest absolute Gasteiger partial charge is 0.252 e. The third kappa shape index (κ3) is 2.23. The van der Waals surface area contributed by atoms with Gasteiger partial charge in [-0.3, -0.25) is 4.79 Å². The highest BCUT2D eigenvalue weighted by Gasteiger charge is 2.41. The van der Waals surface area contributed by atoms with Crippen LogP contribution in [0.2, 0.25) is 0 Å². The van der Waals surface area contributed by atoms with Crippen LogP contribution >= 0.6 is 0 Å². The van der Waals surface area contributed by atoms with Gasteiger partial charge in [-0.25, -0.2) is 0 Å². The molecule has 2 aliphatic rings. The van der Waals surface area contributed by atoms with Crippen LogP contribution in [0.15, 0.2) is 30.5 Å². The third-order valence-electron chi connectivity index (χ3n) is 5.12. The van der Waals surface area contributed by atoms with Crippen LogP contribution in [-0.4, -0.2) is 29.0 Å². The number of nitrogens with one attached hydrogen (secondary N) is 3. The first-order valence-corrected chi connectivity index (χ1v) is 7.88. The zero-order valence-electron chi connectivity index (χ0n) is 12.1. The van der Waals surface area contributed by atoms with Crippen molar-refractivity contribution in [3.05, 3.63) is 36.0 Å². The molecule has 0 bridgehead atoms. The van der Waals surface area contributed by atoms with E-state index in [4.69, 9.17) is 0 Å². The molecule has 2 fully saturated rings. The molecule has 1 aromatic heterocycles. The minimum Gasteiger partial charge on any atom is -0.361 e. The van der Waals surface area contributed by atoms with Crippen molar-refractivity contribution in [3.63, 3.8) is 0 Å². The molecular weight excluding hydrogens is 262 g/mol. The maximum atomic E-state index is 12.6. The van der Waals surface area contributed by atoms with Crippen LogP contribution in [-0.2, 0) is 0 Å². The molecule has 1 spiro atoms. The average Bonchev–Trinajstić information content (AvgIpc) is 2.94. The van der Waals surface area contributed by atoms with Gasteiger partial charge in [0.15, 0.2) is 0 Å². The lowest BCUT2D eigenvalue weighted by atomic mass is 9.70. The van der Waals surface area contributed by atoms with Crippen molar-refractivity contribution in [2.75, 3.05) is 6.54 Å². The first kappa shape index (κ1) is 12.9. The second-order valence-electron chi connectivity index (χ2n) is 6.47. The highest BCUT2D eigenvalue weighted by atomic mass is 16.1. The molecule has 21 heavy (non-hydrogen) atoms. The molecule has 1 amide bonds. The summed E-state index contributed by atoms with van der Waals surface area (Å²) in [7, 11) is 0. The largest absolute Gasteiger partial charge is 0.361 e. The number of fused-ring (bicyclic) bond motifs is 1. The van der Waals surface area contributed by atoms with Crippen LogP contribution in [0.3, 0.4) is 0 Å². The Kier molecular flexibility index (Phi) is 3.00. The van der Waals surface area contributed by atoms with Crippen LogP contribution in [0.5, 0.6) is 0 Å². The quantitative estimate of drug-likeness (QED) is 0.793. The van der Waals surface area contributed by atoms with E-state index in [0.717, 1.165) is 35.9 Å². The molecule has 1 saturated carbocycles. The SMILES string of the molecule is O=C(NC1CCNC2(CCC2)C1)c1cccc2[nH]ccc12. The van der Waals surface area contributed by atoms with E-state index in [1.54, 1.807) is 0 Å². The standard InChI is InChI=1S/C17H21N3O/c21-16(14-3-1-4-15-13(14)6-9-18-15)20-12-5-10-19-17(11-12)7-2-8-17/h1,3-4,6,9,12,18-19H,2,5,7-8,10-11H2,(H,20,21). The van der Waals surface area contributed by atoms with Crippen molar-refractivity contribution in [1.82, 2.24) is 15.6 Å². The predicted molar refractivity (Wildman–Crippen MR) is 83.4 cm³/mol. The Morgan fingerprint density at radius 1 is 1.29 bits per heavy atom. The second kappa shape index (κ2) is 4.88. The molecule has 1 atom stereocenters. The van der Waals surface area contributed by atoms with Crippen molar-refractivity contribution in [2.24, 2.45) is 0 Å². The summed E-state index contributed by atoms with van der Waals surface area (Å²) in [5.41, 5.74) is 2.11. The van der Waals surface area contributed by atoms with Gasteiger partial charge in [-0.05, 0) is 56.8 Å². The van der Waals surface area contributed by atoms with E-state index >= 15 is 0 Å². The number of piperidine rings is 1. The monoisotopic (exact) mass is 283 g/mol. The van der Waals surface area contributed by atoms with E-state index < -0.39 is 0 Å². The lowest BCUT2D eigenvalue weighted by Gasteiger charge is -2.48. The van der Waals surface area contributed by atoms with Crippen molar-refractivity contribution in [2.45, 2.75) is 43.7 Å². The predicted octanol–water partition coefficient (Wildman–Crippen LogP) is 2.57. The Bertz CT molecular complexity index is 671. The Hall–Kier alpha value is -1.81. The molecule has 3 N–H and O–H groups in total. The first-order chi connectivity index (χ1) is 10.3. The van der Waals surface area contributed by atoms with Gasteiger partial charge in [0.2, 0.25) is 0 Å². The minimum atomic E-state index is 0.0570. The van der Waals surface area contributed by atoms with E-state index in [-0.39, 0.29) is 5.91 Å². The number of aromatic nitrogens is 1.